The number of benzene rings is 6. The van der Waals surface area contributed by atoms with Gasteiger partial charge < -0.3 is 0 Å². The Bertz CT molecular complexity index is 1420. The van der Waals surface area contributed by atoms with E-state index in [-0.39, 0.29) is 5.41 Å². The van der Waals surface area contributed by atoms with Crippen molar-refractivity contribution in [3.8, 4) is 0 Å². The Morgan fingerprint density at radius 2 is 0.542 bits per heavy atom. The van der Waals surface area contributed by atoms with E-state index in [9.17, 15) is 0 Å². The predicted octanol–water partition coefficient (Wildman–Crippen LogP) is 9.04. The third-order valence-electron chi connectivity index (χ3n) is 8.03. The summed E-state index contributed by atoms with van der Waals surface area (Å²) < 4.78 is 7.50. The van der Waals surface area contributed by atoms with Crippen molar-refractivity contribution in [3.63, 3.8) is 0 Å². The van der Waals surface area contributed by atoms with Crippen LogP contribution in [0.25, 0.3) is 0 Å². The first kappa shape index (κ1) is 38.1. The molecule has 0 saturated heterocycles. The van der Waals surface area contributed by atoms with Crippen LogP contribution in [0, 0.1) is 12.1 Å². The zero-order valence-corrected chi connectivity index (χ0v) is 32.1. The van der Waals surface area contributed by atoms with Crippen LogP contribution in [0.5, 0.6) is 0 Å². The van der Waals surface area contributed by atoms with Gasteiger partial charge in [-0.25, -0.2) is 0 Å². The van der Waals surface area contributed by atoms with Gasteiger partial charge in [-0.1, -0.05) is 189 Å². The molecule has 0 fully saturated rings. The molecule has 6 heteroatoms. The summed E-state index contributed by atoms with van der Waals surface area (Å²) in [7, 11) is 2.90. The van der Waals surface area contributed by atoms with Gasteiger partial charge in [-0.2, -0.15) is 0 Å². The van der Waals surface area contributed by atoms with Crippen LogP contribution < -0.4 is 31.8 Å². The summed E-state index contributed by atoms with van der Waals surface area (Å²) in [4.78, 5) is 0. The molecule has 1 nitrogen and oxygen atoms in total. The van der Waals surface area contributed by atoms with Crippen LogP contribution in [0.3, 0.4) is 0 Å². The van der Waals surface area contributed by atoms with Gasteiger partial charge in [0, 0.05) is 0 Å². The summed E-state index contributed by atoms with van der Waals surface area (Å²) in [6.07, 6.45) is 3.44. The standard InChI is InChI=1S/C41H39P3.CO.ClH.Ru/c1-41(32-42(35-20-8-2-9-21-35)36-22-10-3-11-23-36,33-43(37-24-12-4-13-25-37)38-26-14-5-15-27-38)34-44(39-28-16-6-17-29-39)40-30-18-7-19-31-40;1-2;;/h2-31H,32-34H2,1H3;;1H;/q;;;+1/p-1. The van der Waals surface area contributed by atoms with Crippen molar-refractivity contribution in [3.05, 3.63) is 189 Å². The first-order chi connectivity index (χ1) is 23.7. The van der Waals surface area contributed by atoms with Crippen LogP contribution in [0.1, 0.15) is 6.92 Å². The van der Waals surface area contributed by atoms with E-state index in [1.165, 1.54) is 31.8 Å². The van der Waals surface area contributed by atoms with Gasteiger partial charge in [0.25, 0.3) is 0 Å². The van der Waals surface area contributed by atoms with Crippen LogP contribution in [0.4, 0.5) is 0 Å². The van der Waals surface area contributed by atoms with E-state index in [4.69, 9.17) is 4.65 Å². The summed E-state index contributed by atoms with van der Waals surface area (Å²) >= 11 is 1.82. The van der Waals surface area contributed by atoms with Crippen molar-refractivity contribution in [2.24, 2.45) is 5.41 Å². The zero-order chi connectivity index (χ0) is 34.0. The van der Waals surface area contributed by atoms with Crippen molar-refractivity contribution in [1.29, 1.82) is 0 Å². The molecule has 0 saturated carbocycles. The van der Waals surface area contributed by atoms with E-state index in [1.807, 2.05) is 17.3 Å². The Morgan fingerprint density at radius 1 is 0.396 bits per heavy atom. The first-order valence-corrected chi connectivity index (χ1v) is 22.5. The number of halogens is 1. The van der Waals surface area contributed by atoms with E-state index in [2.05, 4.69) is 205 Å². The van der Waals surface area contributed by atoms with E-state index in [0.29, 0.717) is 0 Å². The summed E-state index contributed by atoms with van der Waals surface area (Å²) in [6, 6.07) is 67.7. The molecule has 0 radical (unpaired) electrons. The molecule has 0 unspecified atom stereocenters. The summed E-state index contributed by atoms with van der Waals surface area (Å²) in [5.41, 5.74) is 0.0756. The third kappa shape index (κ3) is 10.9. The molecule has 6 aromatic rings. The zero-order valence-electron chi connectivity index (χ0n) is 26.9. The van der Waals surface area contributed by atoms with Crippen molar-refractivity contribution < 1.29 is 22.0 Å². The average Bonchev–Trinajstić information content (AvgIpc) is 3.19. The Hall–Kier alpha value is -2.74. The van der Waals surface area contributed by atoms with Gasteiger partial charge >= 0.3 is 38.3 Å². The van der Waals surface area contributed by atoms with Crippen molar-refractivity contribution in [1.82, 2.24) is 0 Å². The predicted molar refractivity (Wildman–Crippen MR) is 210 cm³/mol. The molecule has 48 heavy (non-hydrogen) atoms. The van der Waals surface area contributed by atoms with Crippen molar-refractivity contribution >= 4 is 65.3 Å². The van der Waals surface area contributed by atoms with Crippen molar-refractivity contribution in [2.75, 3.05) is 18.5 Å². The fourth-order valence-corrected chi connectivity index (χ4v) is 14.6. The van der Waals surface area contributed by atoms with Gasteiger partial charge in [0.1, 0.15) is 0 Å². The van der Waals surface area contributed by atoms with Crippen LogP contribution in [-0.2, 0) is 22.0 Å². The summed E-state index contributed by atoms with van der Waals surface area (Å²) in [5, 5.41) is 8.79. The molecule has 0 aromatic heterocycles. The number of hydrogen-bond donors (Lipinski definition) is 0. The van der Waals surface area contributed by atoms with Crippen LogP contribution >= 0.6 is 33.5 Å². The minimum absolute atomic E-state index is 0.0756. The molecule has 0 heterocycles. The molecular formula is C42H39ClOP3Ru. The minimum atomic E-state index is -0.555. The molecule has 0 bridgehead atoms. The molecule has 0 aliphatic carbocycles. The summed E-state index contributed by atoms with van der Waals surface area (Å²) in [6.45, 7) is 7.11. The van der Waals surface area contributed by atoms with E-state index < -0.39 is 23.8 Å². The van der Waals surface area contributed by atoms with E-state index >= 15 is 0 Å². The molecule has 6 aromatic carbocycles. The molecule has 0 atom stereocenters. The molecule has 6 rings (SSSR count). The van der Waals surface area contributed by atoms with E-state index in [0.717, 1.165) is 18.5 Å². The van der Waals surface area contributed by atoms with Gasteiger partial charge in [-0.15, -0.1) is 0 Å². The first-order valence-electron chi connectivity index (χ1n) is 15.7. The fraction of sp³-hybridized carbons (Fsp3) is 0.119. The van der Waals surface area contributed by atoms with Gasteiger partial charge in [-0.3, -0.25) is 0 Å². The molecule has 0 aliphatic rings. The van der Waals surface area contributed by atoms with Gasteiger partial charge in [0.2, 0.25) is 0 Å². The van der Waals surface area contributed by atoms with Crippen LogP contribution in [0.2, 0.25) is 0 Å². The molecule has 0 amide bonds. The van der Waals surface area contributed by atoms with Gasteiger partial charge in [-0.05, 0) is 79.5 Å². The molecule has 0 aliphatic heterocycles. The monoisotopic (exact) mass is 789 g/mol. The third-order valence-corrected chi connectivity index (χ3v) is 16.8. The van der Waals surface area contributed by atoms with Crippen molar-refractivity contribution in [2.45, 2.75) is 6.92 Å². The second kappa shape index (κ2) is 20.7. The Morgan fingerprint density at radius 3 is 0.688 bits per heavy atom. The maximum absolute atomic E-state index is 7.50. The SMILES string of the molecule is CC(CP(c1ccccc1)c1ccccc1)(CP(c1ccccc1)c1ccccc1)CP(c1ccccc1)c1ccccc1.[C-]#[O+].[Cl][Ru]. The normalized spacial score (nSPS) is 10.9. The Balaban J connectivity index is 0.00000125. The molecule has 243 valence electrons. The van der Waals surface area contributed by atoms with Gasteiger partial charge in [0.05, 0.1) is 0 Å². The van der Waals surface area contributed by atoms with E-state index in [1.54, 1.807) is 0 Å². The van der Waals surface area contributed by atoms with Gasteiger partial charge in [0.15, 0.2) is 0 Å². The number of hydrogen-bond acceptors (Lipinski definition) is 0. The number of rotatable bonds is 12. The van der Waals surface area contributed by atoms with Crippen LogP contribution in [0.15, 0.2) is 182 Å². The Kier molecular flexibility index (Phi) is 16.4. The quantitative estimate of drug-likeness (QED) is 0.0511. The molecule has 0 spiro atoms. The van der Waals surface area contributed by atoms with Crippen LogP contribution in [-0.4, -0.2) is 18.5 Å². The molecule has 0 N–H and O–H groups in total. The topological polar surface area (TPSA) is 19.9 Å². The summed E-state index contributed by atoms with van der Waals surface area (Å²) in [5.74, 6) is 0. The fourth-order valence-electron chi connectivity index (χ4n) is 5.94. The Labute approximate surface area is 304 Å². The maximum atomic E-state index is 7.50. The average molecular weight is 789 g/mol. The second-order valence-corrected chi connectivity index (χ2v) is 18.2. The molecular weight excluding hydrogens is 750 g/mol. The second-order valence-electron chi connectivity index (χ2n) is 11.6.